The minimum Gasteiger partial charge on any atom is -0.479 e. The molecule has 0 saturated carbocycles. The number of nitrogens with two attached hydrogens (primary N) is 1. The second-order valence-electron chi connectivity index (χ2n) is 7.95. The Balaban J connectivity index is 1.95. The number of fused-ring (bicyclic) bond motifs is 3. The first-order valence-electron chi connectivity index (χ1n) is 10.6. The van der Waals surface area contributed by atoms with Crippen LogP contribution in [-0.2, 0) is 22.4 Å². The molecule has 0 aliphatic carbocycles. The maximum atomic E-state index is 13.8. The van der Waals surface area contributed by atoms with E-state index < -0.39 is 48.1 Å². The lowest BCUT2D eigenvalue weighted by Gasteiger charge is -2.13. The van der Waals surface area contributed by atoms with Crippen LogP contribution in [-0.4, -0.2) is 34.5 Å². The average molecular weight is 542 g/mol. The highest BCUT2D eigenvalue weighted by Gasteiger charge is 2.34. The summed E-state index contributed by atoms with van der Waals surface area (Å²) in [6, 6.07) is 10.3. The van der Waals surface area contributed by atoms with Crippen molar-refractivity contribution < 1.29 is 55.6 Å². The van der Waals surface area contributed by atoms with Crippen LogP contribution in [0, 0.1) is 0 Å². The number of rotatable bonds is 8. The summed E-state index contributed by atoms with van der Waals surface area (Å²) in [5, 5.41) is 8.89. The Morgan fingerprint density at radius 3 is 2.18 bits per heavy atom. The maximum Gasteiger partial charge on any atom is 0.573 e. The van der Waals surface area contributed by atoms with Gasteiger partial charge in [0.15, 0.2) is 12.4 Å². The van der Waals surface area contributed by atoms with Gasteiger partial charge < -0.3 is 25.0 Å². The second kappa shape index (κ2) is 9.78. The van der Waals surface area contributed by atoms with Crippen LogP contribution >= 0.6 is 0 Å². The van der Waals surface area contributed by atoms with E-state index in [0.717, 1.165) is 18.2 Å². The molecule has 1 heterocycles. The zero-order valence-electron chi connectivity index (χ0n) is 18.9. The third-order valence-corrected chi connectivity index (χ3v) is 5.38. The Bertz CT molecular complexity index is 1530. The van der Waals surface area contributed by atoms with Crippen LogP contribution in [0.2, 0.25) is 0 Å². The molecule has 0 saturated heterocycles. The van der Waals surface area contributed by atoms with Gasteiger partial charge in [-0.2, -0.15) is 18.1 Å². The van der Waals surface area contributed by atoms with Gasteiger partial charge in [-0.1, -0.05) is 18.2 Å². The number of hydrogen-bond acceptors (Lipinski definition) is 5. The normalized spacial score (nSPS) is 12.2. The van der Waals surface area contributed by atoms with Crippen LogP contribution in [0.3, 0.4) is 0 Å². The molecule has 4 aromatic rings. The Morgan fingerprint density at radius 2 is 1.61 bits per heavy atom. The van der Waals surface area contributed by atoms with Gasteiger partial charge in [-0.25, -0.2) is 4.79 Å². The van der Waals surface area contributed by atoms with Crippen molar-refractivity contribution in [3.05, 3.63) is 71.3 Å². The number of carbonyl (C=O) groups excluding carboxylic acids is 1. The van der Waals surface area contributed by atoms with E-state index in [0.29, 0.717) is 11.6 Å². The van der Waals surface area contributed by atoms with Crippen LogP contribution in [0.4, 0.5) is 26.3 Å². The molecule has 4 rings (SSSR count). The number of hydrogen-bond donors (Lipinski definition) is 2. The molecule has 3 N–H and O–H groups in total. The van der Waals surface area contributed by atoms with E-state index in [1.807, 2.05) is 0 Å². The summed E-state index contributed by atoms with van der Waals surface area (Å²) in [5.74, 6) is -3.38. The quantitative estimate of drug-likeness (QED) is 0.179. The molecule has 0 spiro atoms. The number of carboxylic acids is 1. The Kier molecular flexibility index (Phi) is 6.84. The van der Waals surface area contributed by atoms with Crippen molar-refractivity contribution in [2.45, 2.75) is 19.1 Å². The molecule has 0 fully saturated rings. The molecule has 0 unspecified atom stereocenters. The summed E-state index contributed by atoms with van der Waals surface area (Å²) in [6.07, 6.45) is -9.77. The second-order valence-corrected chi connectivity index (χ2v) is 7.95. The van der Waals surface area contributed by atoms with Crippen LogP contribution in [0.25, 0.3) is 21.8 Å². The lowest BCUT2D eigenvalue weighted by Crippen LogP contribution is -2.17. The fraction of sp³-hybridized carbons (Fsp3) is 0.167. The van der Waals surface area contributed by atoms with E-state index in [1.165, 1.54) is 34.9 Å². The lowest BCUT2D eigenvalue weighted by molar-refractivity contribution is -0.274. The SMILES string of the molecule is NC(=O)c1cccc2c1c1c(OOCC(=O)O)cc(C(F)(F)F)cc1n2Cc1ccc(OC(F)(F)F)cc1. The van der Waals surface area contributed by atoms with Crippen LogP contribution in [0.15, 0.2) is 54.6 Å². The summed E-state index contributed by atoms with van der Waals surface area (Å²) >= 11 is 0. The van der Waals surface area contributed by atoms with Gasteiger partial charge >= 0.3 is 18.5 Å². The van der Waals surface area contributed by atoms with Crippen molar-refractivity contribution in [2.75, 3.05) is 6.61 Å². The molecule has 1 aromatic heterocycles. The lowest BCUT2D eigenvalue weighted by atomic mass is 10.0. The monoisotopic (exact) mass is 542 g/mol. The van der Waals surface area contributed by atoms with Gasteiger partial charge in [0, 0.05) is 17.5 Å². The van der Waals surface area contributed by atoms with E-state index in [4.69, 9.17) is 15.7 Å². The van der Waals surface area contributed by atoms with Crippen LogP contribution in [0.1, 0.15) is 21.5 Å². The van der Waals surface area contributed by atoms with Crippen molar-refractivity contribution in [3.8, 4) is 11.5 Å². The van der Waals surface area contributed by atoms with E-state index >= 15 is 0 Å². The number of primary amides is 1. The molecular weight excluding hydrogens is 526 g/mol. The molecule has 14 heteroatoms. The standard InChI is InChI=1S/C24H16F6N2O6/c25-23(26,27)13-8-17-21(18(9-13)38-36-11-19(33)34)20-15(22(31)35)2-1-3-16(20)32(17)10-12-4-6-14(7-5-12)37-24(28,29)30/h1-9H,10-11H2,(H2,31,35)(H,33,34). The van der Waals surface area contributed by atoms with E-state index in [2.05, 4.69) is 9.62 Å². The van der Waals surface area contributed by atoms with Crippen LogP contribution < -0.4 is 15.4 Å². The first-order chi connectivity index (χ1) is 17.7. The van der Waals surface area contributed by atoms with E-state index in [1.54, 1.807) is 0 Å². The van der Waals surface area contributed by atoms with Gasteiger partial charge in [0.05, 0.1) is 22.0 Å². The third-order valence-electron chi connectivity index (χ3n) is 5.38. The van der Waals surface area contributed by atoms with Gasteiger partial charge in [0.1, 0.15) is 5.75 Å². The van der Waals surface area contributed by atoms with Crippen molar-refractivity contribution in [3.63, 3.8) is 0 Å². The van der Waals surface area contributed by atoms with Gasteiger partial charge in [0.25, 0.3) is 0 Å². The van der Waals surface area contributed by atoms with Crippen molar-refractivity contribution in [1.29, 1.82) is 0 Å². The molecule has 0 aliphatic rings. The van der Waals surface area contributed by atoms with Crippen molar-refractivity contribution in [2.24, 2.45) is 5.73 Å². The molecule has 3 aromatic carbocycles. The molecule has 1 amide bonds. The highest BCUT2D eigenvalue weighted by molar-refractivity contribution is 6.19. The number of carbonyl (C=O) groups is 2. The predicted octanol–water partition coefficient (Wildman–Crippen LogP) is 5.25. The number of ether oxygens (including phenoxy) is 1. The van der Waals surface area contributed by atoms with Gasteiger partial charge in [0.2, 0.25) is 5.91 Å². The molecule has 0 bridgehead atoms. The summed E-state index contributed by atoms with van der Waals surface area (Å²) < 4.78 is 84.0. The predicted molar refractivity (Wildman–Crippen MR) is 119 cm³/mol. The topological polar surface area (TPSA) is 113 Å². The largest absolute Gasteiger partial charge is 0.573 e. The Hall–Kier alpha value is -4.46. The van der Waals surface area contributed by atoms with Gasteiger partial charge in [-0.15, -0.1) is 13.2 Å². The zero-order chi connectivity index (χ0) is 27.8. The number of benzene rings is 3. The number of carboxylic acid groups (broad SMARTS) is 1. The number of aromatic nitrogens is 1. The molecule has 38 heavy (non-hydrogen) atoms. The smallest absolute Gasteiger partial charge is 0.479 e. The van der Waals surface area contributed by atoms with E-state index in [9.17, 15) is 35.9 Å². The molecule has 0 atom stereocenters. The van der Waals surface area contributed by atoms with Crippen molar-refractivity contribution in [1.82, 2.24) is 4.57 Å². The van der Waals surface area contributed by atoms with Gasteiger partial charge in [-0.05, 0) is 42.0 Å². The van der Waals surface area contributed by atoms with Gasteiger partial charge in [-0.3, -0.25) is 4.79 Å². The molecule has 0 radical (unpaired) electrons. The number of alkyl halides is 6. The average Bonchev–Trinajstić information content (AvgIpc) is 3.12. The fourth-order valence-electron chi connectivity index (χ4n) is 3.95. The number of aliphatic carboxylic acids is 1. The highest BCUT2D eigenvalue weighted by atomic mass is 19.4. The number of nitrogens with zero attached hydrogens (tertiary/aromatic N) is 1. The minimum atomic E-state index is -4.91. The highest BCUT2D eigenvalue weighted by Crippen LogP contribution is 2.42. The molecule has 8 nitrogen and oxygen atoms in total. The Morgan fingerprint density at radius 1 is 0.921 bits per heavy atom. The number of halogens is 6. The molecule has 0 aliphatic heterocycles. The summed E-state index contributed by atoms with van der Waals surface area (Å²) in [7, 11) is 0. The third kappa shape index (κ3) is 5.59. The fourth-order valence-corrected chi connectivity index (χ4v) is 3.95. The summed E-state index contributed by atoms with van der Waals surface area (Å²) in [5.41, 5.74) is 4.80. The maximum absolute atomic E-state index is 13.8. The summed E-state index contributed by atoms with van der Waals surface area (Å²) in [6.45, 7) is -1.14. The van der Waals surface area contributed by atoms with E-state index in [-0.39, 0.29) is 33.9 Å². The van der Waals surface area contributed by atoms with Crippen molar-refractivity contribution >= 4 is 33.7 Å². The summed E-state index contributed by atoms with van der Waals surface area (Å²) in [4.78, 5) is 32.6. The Labute approximate surface area is 208 Å². The zero-order valence-corrected chi connectivity index (χ0v) is 18.9. The first-order valence-corrected chi connectivity index (χ1v) is 10.6. The minimum absolute atomic E-state index is 0.0233. The van der Waals surface area contributed by atoms with Crippen LogP contribution in [0.5, 0.6) is 11.5 Å². The molecular formula is C24H16F6N2O6. The first kappa shape index (κ1) is 26.6. The molecule has 200 valence electrons. The number of amides is 1.